The Labute approximate surface area is 163 Å². The minimum absolute atomic E-state index is 0.0224. The van der Waals surface area contributed by atoms with Crippen molar-refractivity contribution in [3.63, 3.8) is 0 Å². The predicted octanol–water partition coefficient (Wildman–Crippen LogP) is 3.80. The Kier molecular flexibility index (Phi) is 6.29. The Balaban J connectivity index is 2.07. The van der Waals surface area contributed by atoms with Crippen molar-refractivity contribution in [2.75, 3.05) is 32.8 Å². The topological polar surface area (TPSA) is 63.3 Å². The van der Waals surface area contributed by atoms with Crippen molar-refractivity contribution in [2.24, 2.45) is 0 Å². The number of rotatable bonds is 8. The van der Waals surface area contributed by atoms with Crippen LogP contribution in [0.5, 0.6) is 11.5 Å². The van der Waals surface area contributed by atoms with E-state index in [4.69, 9.17) is 9.47 Å². The lowest BCUT2D eigenvalue weighted by Crippen LogP contribution is -2.30. The van der Waals surface area contributed by atoms with E-state index in [-0.39, 0.29) is 11.8 Å². The van der Waals surface area contributed by atoms with E-state index in [1.54, 1.807) is 14.2 Å². The zero-order chi connectivity index (χ0) is 19.2. The first kappa shape index (κ1) is 19.2. The molecule has 0 aliphatic heterocycles. The molecule has 3 rings (SSSR count). The van der Waals surface area contributed by atoms with Gasteiger partial charge < -0.3 is 19.8 Å². The van der Waals surface area contributed by atoms with E-state index < -0.39 is 0 Å². The molecule has 2 N–H and O–H groups in total. The summed E-state index contributed by atoms with van der Waals surface area (Å²) in [5.41, 5.74) is 3.16. The molecule has 0 bridgehead atoms. The van der Waals surface area contributed by atoms with Gasteiger partial charge in [0.1, 0.15) is 0 Å². The molecule has 1 amide bonds. The Morgan fingerprint density at radius 3 is 2.67 bits per heavy atom. The summed E-state index contributed by atoms with van der Waals surface area (Å²) >= 11 is 1.51. The largest absolute Gasteiger partial charge is 0.493 e. The van der Waals surface area contributed by atoms with Crippen LogP contribution in [-0.2, 0) is 4.79 Å². The van der Waals surface area contributed by atoms with Crippen LogP contribution in [0.15, 0.2) is 48.7 Å². The molecule has 0 aliphatic carbocycles. The highest BCUT2D eigenvalue weighted by atomic mass is 32.2. The summed E-state index contributed by atoms with van der Waals surface area (Å²) in [6, 6.07) is 14.0. The van der Waals surface area contributed by atoms with Crippen LogP contribution in [0.25, 0.3) is 10.9 Å². The van der Waals surface area contributed by atoms with Gasteiger partial charge in [-0.3, -0.25) is 4.79 Å². The summed E-state index contributed by atoms with van der Waals surface area (Å²) in [6.07, 6.45) is 3.93. The van der Waals surface area contributed by atoms with Crippen LogP contribution in [0.4, 0.5) is 0 Å². The number of carbonyl (C=O) groups excluding carboxylic acids is 1. The van der Waals surface area contributed by atoms with Crippen LogP contribution in [0.1, 0.15) is 17.0 Å². The van der Waals surface area contributed by atoms with Gasteiger partial charge in [-0.15, -0.1) is 0 Å². The van der Waals surface area contributed by atoms with Crippen molar-refractivity contribution >= 4 is 28.6 Å². The van der Waals surface area contributed by atoms with Crippen molar-refractivity contribution in [1.29, 1.82) is 0 Å². The number of fused-ring (bicyclic) bond motifs is 1. The fourth-order valence-corrected chi connectivity index (χ4v) is 3.72. The third-order valence-corrected chi connectivity index (χ3v) is 5.14. The number of aromatic amines is 1. The lowest BCUT2D eigenvalue weighted by atomic mass is 9.90. The number of benzene rings is 2. The summed E-state index contributed by atoms with van der Waals surface area (Å²) in [6.45, 7) is 0.477. The fourth-order valence-electron chi connectivity index (χ4n) is 3.35. The zero-order valence-corrected chi connectivity index (χ0v) is 16.6. The minimum Gasteiger partial charge on any atom is -0.493 e. The SMILES string of the molecule is COc1cccc([C@@H](CNC(=O)CSC)c2c[nH]c3ccccc23)c1OC. The summed E-state index contributed by atoms with van der Waals surface area (Å²) in [5.74, 6) is 1.76. The summed E-state index contributed by atoms with van der Waals surface area (Å²) in [7, 11) is 3.27. The molecule has 142 valence electrons. The molecule has 0 radical (unpaired) electrons. The fraction of sp³-hybridized carbons (Fsp3) is 0.286. The Morgan fingerprint density at radius 2 is 1.93 bits per heavy atom. The summed E-state index contributed by atoms with van der Waals surface area (Å²) < 4.78 is 11.1. The first-order valence-corrected chi connectivity index (χ1v) is 10.1. The number of methoxy groups -OCH3 is 2. The van der Waals surface area contributed by atoms with Gasteiger partial charge in [-0.1, -0.05) is 30.3 Å². The number of thioether (sulfide) groups is 1. The lowest BCUT2D eigenvalue weighted by molar-refractivity contribution is -0.118. The van der Waals surface area contributed by atoms with Crippen molar-refractivity contribution in [1.82, 2.24) is 10.3 Å². The van der Waals surface area contributed by atoms with Crippen molar-refractivity contribution in [2.45, 2.75) is 5.92 Å². The van der Waals surface area contributed by atoms with Gasteiger partial charge in [0.05, 0.1) is 20.0 Å². The Hall–Kier alpha value is -2.60. The maximum Gasteiger partial charge on any atom is 0.230 e. The first-order valence-electron chi connectivity index (χ1n) is 8.72. The van der Waals surface area contributed by atoms with Crippen LogP contribution < -0.4 is 14.8 Å². The monoisotopic (exact) mass is 384 g/mol. The molecule has 6 heteroatoms. The lowest BCUT2D eigenvalue weighted by Gasteiger charge is -2.22. The van der Waals surface area contributed by atoms with E-state index in [2.05, 4.69) is 16.4 Å². The molecule has 0 saturated heterocycles. The normalized spacial score (nSPS) is 12.0. The third kappa shape index (κ3) is 4.06. The van der Waals surface area contributed by atoms with Gasteiger partial charge in [-0.05, 0) is 24.0 Å². The predicted molar refractivity (Wildman–Crippen MR) is 111 cm³/mol. The second-order valence-electron chi connectivity index (χ2n) is 6.16. The van der Waals surface area contributed by atoms with E-state index in [9.17, 15) is 4.79 Å². The maximum absolute atomic E-state index is 12.1. The number of hydrogen-bond donors (Lipinski definition) is 2. The second-order valence-corrected chi connectivity index (χ2v) is 7.03. The number of aromatic nitrogens is 1. The Bertz CT molecular complexity index is 923. The quantitative estimate of drug-likeness (QED) is 0.620. The van der Waals surface area contributed by atoms with Gasteiger partial charge in [-0.2, -0.15) is 11.8 Å². The van der Waals surface area contributed by atoms with Crippen molar-refractivity contribution < 1.29 is 14.3 Å². The zero-order valence-electron chi connectivity index (χ0n) is 15.7. The molecular formula is C21H24N2O3S. The summed E-state index contributed by atoms with van der Waals surface area (Å²) in [5, 5.41) is 4.18. The highest BCUT2D eigenvalue weighted by molar-refractivity contribution is 7.99. The molecule has 0 saturated carbocycles. The smallest absolute Gasteiger partial charge is 0.230 e. The molecular weight excluding hydrogens is 360 g/mol. The van der Waals surface area contributed by atoms with E-state index in [1.807, 2.05) is 48.9 Å². The molecule has 5 nitrogen and oxygen atoms in total. The highest BCUT2D eigenvalue weighted by Gasteiger charge is 2.24. The van der Waals surface area contributed by atoms with Crippen LogP contribution in [0.2, 0.25) is 0 Å². The van der Waals surface area contributed by atoms with Gasteiger partial charge in [0.25, 0.3) is 0 Å². The second kappa shape index (κ2) is 8.86. The van der Waals surface area contributed by atoms with Crippen molar-refractivity contribution in [3.8, 4) is 11.5 Å². The highest BCUT2D eigenvalue weighted by Crippen LogP contribution is 2.40. The third-order valence-electron chi connectivity index (χ3n) is 4.58. The minimum atomic E-state index is -0.0722. The number of para-hydroxylation sites is 2. The average Bonchev–Trinajstić information content (AvgIpc) is 3.12. The van der Waals surface area contributed by atoms with E-state index in [0.717, 1.165) is 22.0 Å². The summed E-state index contributed by atoms with van der Waals surface area (Å²) in [4.78, 5) is 15.4. The number of carbonyl (C=O) groups is 1. The molecule has 0 spiro atoms. The first-order chi connectivity index (χ1) is 13.2. The maximum atomic E-state index is 12.1. The Morgan fingerprint density at radius 1 is 1.11 bits per heavy atom. The molecule has 1 heterocycles. The number of H-pyrrole nitrogens is 1. The number of amides is 1. The van der Waals surface area contributed by atoms with Gasteiger partial charge in [0.2, 0.25) is 5.91 Å². The average molecular weight is 385 g/mol. The number of hydrogen-bond acceptors (Lipinski definition) is 4. The van der Waals surface area contributed by atoms with Crippen LogP contribution in [0.3, 0.4) is 0 Å². The van der Waals surface area contributed by atoms with E-state index in [0.29, 0.717) is 23.8 Å². The molecule has 0 fully saturated rings. The van der Waals surface area contributed by atoms with E-state index in [1.165, 1.54) is 11.8 Å². The van der Waals surface area contributed by atoms with Gasteiger partial charge in [0, 0.05) is 35.1 Å². The number of ether oxygens (including phenoxy) is 2. The number of nitrogens with one attached hydrogen (secondary N) is 2. The van der Waals surface area contributed by atoms with Crippen LogP contribution in [-0.4, -0.2) is 43.7 Å². The van der Waals surface area contributed by atoms with Crippen LogP contribution in [0, 0.1) is 0 Å². The van der Waals surface area contributed by atoms with Gasteiger partial charge in [0.15, 0.2) is 11.5 Å². The van der Waals surface area contributed by atoms with Crippen LogP contribution >= 0.6 is 11.8 Å². The van der Waals surface area contributed by atoms with Crippen molar-refractivity contribution in [3.05, 3.63) is 59.8 Å². The molecule has 27 heavy (non-hydrogen) atoms. The molecule has 0 aliphatic rings. The molecule has 3 aromatic rings. The van der Waals surface area contributed by atoms with Gasteiger partial charge >= 0.3 is 0 Å². The van der Waals surface area contributed by atoms with Gasteiger partial charge in [-0.25, -0.2) is 0 Å². The standard InChI is InChI=1S/C21H24N2O3S/c1-25-19-10-6-8-15(21(19)26-2)17(12-23-20(24)13-27-3)16-11-22-18-9-5-4-7-14(16)18/h4-11,17,22H,12-13H2,1-3H3,(H,23,24)/t17-/m1/s1. The molecule has 2 aromatic carbocycles. The molecule has 1 aromatic heterocycles. The molecule has 1 atom stereocenters. The van der Waals surface area contributed by atoms with E-state index >= 15 is 0 Å². The molecule has 0 unspecified atom stereocenters.